The molecule has 0 aliphatic heterocycles. The van der Waals surface area contributed by atoms with Gasteiger partial charge in [-0.05, 0) is 43.7 Å². The minimum absolute atomic E-state index is 0.484. The number of benzene rings is 1. The highest BCUT2D eigenvalue weighted by Crippen LogP contribution is 2.30. The van der Waals surface area contributed by atoms with Gasteiger partial charge in [-0.1, -0.05) is 6.92 Å². The lowest BCUT2D eigenvalue weighted by Crippen LogP contribution is -2.37. The maximum atomic E-state index is 11.2. The van der Waals surface area contributed by atoms with Gasteiger partial charge in [-0.3, -0.25) is 9.69 Å². The van der Waals surface area contributed by atoms with Gasteiger partial charge in [0.15, 0.2) is 11.5 Å². The van der Waals surface area contributed by atoms with Crippen LogP contribution in [-0.4, -0.2) is 43.3 Å². The van der Waals surface area contributed by atoms with Crippen LogP contribution in [-0.2, 0) is 11.3 Å². The Morgan fingerprint density at radius 3 is 2.30 bits per heavy atom. The molecule has 0 heterocycles. The summed E-state index contributed by atoms with van der Waals surface area (Å²) >= 11 is 0. The number of nitrogens with zero attached hydrogens (tertiary/aromatic N) is 1. The molecule has 5 nitrogen and oxygen atoms in total. The number of carboxylic acids is 1. The van der Waals surface area contributed by atoms with E-state index in [1.165, 1.54) is 0 Å². The fourth-order valence-corrected chi connectivity index (χ4v) is 2.25. The van der Waals surface area contributed by atoms with E-state index in [9.17, 15) is 9.90 Å². The Morgan fingerprint density at radius 1 is 1.30 bits per heavy atom. The minimum Gasteiger partial charge on any atom is -0.493 e. The molecule has 0 fully saturated rings. The second-order valence-electron chi connectivity index (χ2n) is 4.81. The van der Waals surface area contributed by atoms with E-state index in [1.807, 2.05) is 37.9 Å². The standard InChI is InChI=1S/C15H23NO4/c1-6-12(15(17)18)16(3)9-11-8-14(20-5)13(19-4)7-10(11)2/h7-8,12H,6,9H2,1-5H3,(H,17,18). The van der Waals surface area contributed by atoms with Crippen LogP contribution in [0.2, 0.25) is 0 Å². The van der Waals surface area contributed by atoms with E-state index in [4.69, 9.17) is 9.47 Å². The van der Waals surface area contributed by atoms with Gasteiger partial charge in [0.25, 0.3) is 0 Å². The van der Waals surface area contributed by atoms with Crippen molar-refractivity contribution in [2.45, 2.75) is 32.9 Å². The van der Waals surface area contributed by atoms with Crippen molar-refractivity contribution in [1.82, 2.24) is 4.90 Å². The van der Waals surface area contributed by atoms with E-state index >= 15 is 0 Å². The first-order chi connectivity index (χ1) is 9.44. The quantitative estimate of drug-likeness (QED) is 0.831. The largest absolute Gasteiger partial charge is 0.493 e. The van der Waals surface area contributed by atoms with Crippen molar-refractivity contribution < 1.29 is 19.4 Å². The molecule has 5 heteroatoms. The molecule has 0 saturated heterocycles. The fourth-order valence-electron chi connectivity index (χ4n) is 2.25. The van der Waals surface area contributed by atoms with E-state index < -0.39 is 12.0 Å². The normalized spacial score (nSPS) is 12.3. The van der Waals surface area contributed by atoms with Gasteiger partial charge in [0, 0.05) is 6.54 Å². The van der Waals surface area contributed by atoms with Crippen LogP contribution in [0.3, 0.4) is 0 Å². The molecule has 0 radical (unpaired) electrons. The van der Waals surface area contributed by atoms with E-state index in [1.54, 1.807) is 14.2 Å². The lowest BCUT2D eigenvalue weighted by molar-refractivity contribution is -0.143. The number of rotatable bonds is 7. The average Bonchev–Trinajstić information content (AvgIpc) is 2.40. The number of methoxy groups -OCH3 is 2. The summed E-state index contributed by atoms with van der Waals surface area (Å²) in [4.78, 5) is 13.0. The van der Waals surface area contributed by atoms with Gasteiger partial charge >= 0.3 is 5.97 Å². The number of aliphatic carboxylic acids is 1. The first-order valence-electron chi connectivity index (χ1n) is 6.59. The van der Waals surface area contributed by atoms with Crippen LogP contribution in [0.5, 0.6) is 11.5 Å². The number of carboxylic acid groups (broad SMARTS) is 1. The Hall–Kier alpha value is -1.75. The molecule has 0 amide bonds. The van der Waals surface area contributed by atoms with Gasteiger partial charge in [0.2, 0.25) is 0 Å². The third-order valence-electron chi connectivity index (χ3n) is 3.47. The van der Waals surface area contributed by atoms with Crippen LogP contribution in [0.4, 0.5) is 0 Å². The molecule has 0 spiro atoms. The summed E-state index contributed by atoms with van der Waals surface area (Å²) in [7, 11) is 5.01. The zero-order valence-electron chi connectivity index (χ0n) is 12.8. The molecule has 0 aliphatic carbocycles. The van der Waals surface area contributed by atoms with E-state index in [-0.39, 0.29) is 0 Å². The Morgan fingerprint density at radius 2 is 1.85 bits per heavy atom. The maximum absolute atomic E-state index is 11.2. The monoisotopic (exact) mass is 281 g/mol. The second-order valence-corrected chi connectivity index (χ2v) is 4.81. The highest BCUT2D eigenvalue weighted by molar-refractivity contribution is 5.73. The molecular formula is C15H23NO4. The third kappa shape index (κ3) is 3.63. The van der Waals surface area contributed by atoms with Crippen LogP contribution in [0, 0.1) is 6.92 Å². The predicted molar refractivity (Wildman–Crippen MR) is 77.5 cm³/mol. The van der Waals surface area contributed by atoms with E-state index in [0.717, 1.165) is 11.1 Å². The van der Waals surface area contributed by atoms with Crippen molar-refractivity contribution >= 4 is 5.97 Å². The van der Waals surface area contributed by atoms with Gasteiger partial charge in [0.1, 0.15) is 6.04 Å². The number of aryl methyl sites for hydroxylation is 1. The Bertz CT molecular complexity index is 473. The number of hydrogen-bond acceptors (Lipinski definition) is 4. The summed E-state index contributed by atoms with van der Waals surface area (Å²) in [5, 5.41) is 9.19. The molecule has 1 N–H and O–H groups in total. The highest BCUT2D eigenvalue weighted by Gasteiger charge is 2.21. The Balaban J connectivity index is 3.00. The molecule has 112 valence electrons. The molecule has 1 atom stereocenters. The molecule has 0 aliphatic rings. The van der Waals surface area contributed by atoms with Crippen LogP contribution in [0.1, 0.15) is 24.5 Å². The number of hydrogen-bond donors (Lipinski definition) is 1. The second kappa shape index (κ2) is 7.14. The fraction of sp³-hybridized carbons (Fsp3) is 0.533. The summed E-state index contributed by atoms with van der Waals surface area (Å²) in [6.45, 7) is 4.40. The van der Waals surface area contributed by atoms with E-state index in [2.05, 4.69) is 0 Å². The summed E-state index contributed by atoms with van der Waals surface area (Å²) in [5.41, 5.74) is 2.08. The Kier molecular flexibility index (Phi) is 5.82. The number of carbonyl (C=O) groups is 1. The lowest BCUT2D eigenvalue weighted by atomic mass is 10.1. The summed E-state index contributed by atoms with van der Waals surface area (Å²) in [6, 6.07) is 3.32. The van der Waals surface area contributed by atoms with Crippen LogP contribution < -0.4 is 9.47 Å². The molecule has 1 aromatic carbocycles. The number of ether oxygens (including phenoxy) is 2. The topological polar surface area (TPSA) is 59.0 Å². The average molecular weight is 281 g/mol. The smallest absolute Gasteiger partial charge is 0.320 e. The predicted octanol–water partition coefficient (Wildman–Crippen LogP) is 2.31. The zero-order chi connectivity index (χ0) is 15.3. The van der Waals surface area contributed by atoms with Gasteiger partial charge in [0.05, 0.1) is 14.2 Å². The summed E-state index contributed by atoms with van der Waals surface area (Å²) < 4.78 is 10.5. The van der Waals surface area contributed by atoms with Gasteiger partial charge < -0.3 is 14.6 Å². The van der Waals surface area contributed by atoms with Crippen LogP contribution >= 0.6 is 0 Å². The minimum atomic E-state index is -0.798. The lowest BCUT2D eigenvalue weighted by Gasteiger charge is -2.24. The maximum Gasteiger partial charge on any atom is 0.320 e. The van der Waals surface area contributed by atoms with Crippen molar-refractivity contribution in [3.05, 3.63) is 23.3 Å². The molecule has 0 bridgehead atoms. The molecule has 0 saturated carbocycles. The summed E-state index contributed by atoms with van der Waals surface area (Å²) in [5.74, 6) is 0.541. The first kappa shape index (κ1) is 16.3. The zero-order valence-corrected chi connectivity index (χ0v) is 12.8. The summed E-state index contributed by atoms with van der Waals surface area (Å²) in [6.07, 6.45) is 0.568. The van der Waals surface area contributed by atoms with Gasteiger partial charge in [-0.2, -0.15) is 0 Å². The third-order valence-corrected chi connectivity index (χ3v) is 3.47. The number of likely N-dealkylation sites (N-methyl/N-ethyl adjacent to an activating group) is 1. The molecule has 20 heavy (non-hydrogen) atoms. The van der Waals surface area contributed by atoms with Crippen LogP contribution in [0.15, 0.2) is 12.1 Å². The molecule has 0 aromatic heterocycles. The highest BCUT2D eigenvalue weighted by atomic mass is 16.5. The SMILES string of the molecule is CCC(C(=O)O)N(C)Cc1cc(OC)c(OC)cc1C. The van der Waals surface area contributed by atoms with Crippen molar-refractivity contribution in [2.75, 3.05) is 21.3 Å². The van der Waals surface area contributed by atoms with Crippen molar-refractivity contribution in [3.63, 3.8) is 0 Å². The Labute approximate surface area is 120 Å². The van der Waals surface area contributed by atoms with Crippen molar-refractivity contribution in [2.24, 2.45) is 0 Å². The van der Waals surface area contributed by atoms with Crippen molar-refractivity contribution in [1.29, 1.82) is 0 Å². The van der Waals surface area contributed by atoms with Crippen LogP contribution in [0.25, 0.3) is 0 Å². The molecule has 1 rings (SSSR count). The van der Waals surface area contributed by atoms with Gasteiger partial charge in [-0.15, -0.1) is 0 Å². The van der Waals surface area contributed by atoms with E-state index in [0.29, 0.717) is 24.5 Å². The molecular weight excluding hydrogens is 258 g/mol. The molecule has 1 unspecified atom stereocenters. The van der Waals surface area contributed by atoms with Crippen molar-refractivity contribution in [3.8, 4) is 11.5 Å². The molecule has 1 aromatic rings. The first-order valence-corrected chi connectivity index (χ1v) is 6.59. The van der Waals surface area contributed by atoms with Gasteiger partial charge in [-0.25, -0.2) is 0 Å².